The molecular weight excluding hydrogens is 405 g/mol. The van der Waals surface area contributed by atoms with Gasteiger partial charge in [-0.15, -0.1) is 0 Å². The smallest absolute Gasteiger partial charge is 0.328 e. The number of hydrogen-bond acceptors (Lipinski definition) is 5. The Kier molecular flexibility index (Phi) is 9.10. The molecule has 2 aromatic rings. The van der Waals surface area contributed by atoms with Gasteiger partial charge in [0.1, 0.15) is 30.8 Å². The van der Waals surface area contributed by atoms with Gasteiger partial charge in [-0.1, -0.05) is 23.7 Å². The van der Waals surface area contributed by atoms with Crippen molar-refractivity contribution >= 4 is 35.2 Å². The van der Waals surface area contributed by atoms with E-state index in [9.17, 15) is 14.0 Å². The Bertz CT molecular complexity index is 788. The van der Waals surface area contributed by atoms with Crippen molar-refractivity contribution in [3.05, 3.63) is 64.9 Å². The third-order valence-corrected chi connectivity index (χ3v) is 4.70. The number of thioether (sulfide) groups is 1. The third kappa shape index (κ3) is 7.05. The monoisotopic (exact) mass is 425 g/mol. The molecule has 1 amide bonds. The first-order valence-corrected chi connectivity index (χ1v) is 10.4. The van der Waals surface area contributed by atoms with E-state index >= 15 is 0 Å². The van der Waals surface area contributed by atoms with Crippen LogP contribution in [0.15, 0.2) is 48.5 Å². The van der Waals surface area contributed by atoms with Crippen LogP contribution in [0.25, 0.3) is 0 Å². The number of amides is 1. The van der Waals surface area contributed by atoms with Crippen LogP contribution in [0.1, 0.15) is 16.8 Å². The van der Waals surface area contributed by atoms with Crippen LogP contribution in [-0.2, 0) is 9.53 Å². The molecule has 0 bridgehead atoms. The minimum Gasteiger partial charge on any atom is -0.490 e. The molecule has 2 aromatic carbocycles. The average molecular weight is 426 g/mol. The Morgan fingerprint density at radius 1 is 1.14 bits per heavy atom. The van der Waals surface area contributed by atoms with Gasteiger partial charge in [-0.3, -0.25) is 4.79 Å². The second kappa shape index (κ2) is 11.6. The molecule has 0 aliphatic carbocycles. The maximum Gasteiger partial charge on any atom is 0.328 e. The van der Waals surface area contributed by atoms with Crippen molar-refractivity contribution in [3.8, 4) is 5.75 Å². The van der Waals surface area contributed by atoms with Crippen LogP contribution in [0.5, 0.6) is 5.75 Å². The maximum absolute atomic E-state index is 12.9. The van der Waals surface area contributed by atoms with Crippen LogP contribution in [0.3, 0.4) is 0 Å². The third-order valence-electron chi connectivity index (χ3n) is 3.73. The topological polar surface area (TPSA) is 64.6 Å². The average Bonchev–Trinajstić information content (AvgIpc) is 2.69. The van der Waals surface area contributed by atoms with Crippen LogP contribution < -0.4 is 10.1 Å². The molecule has 1 N–H and O–H groups in total. The quantitative estimate of drug-likeness (QED) is 0.461. The molecule has 5 nitrogen and oxygen atoms in total. The molecule has 0 heterocycles. The number of carbonyl (C=O) groups excluding carboxylic acids is 2. The minimum atomic E-state index is -0.790. The van der Waals surface area contributed by atoms with Gasteiger partial charge in [0.15, 0.2) is 0 Å². The van der Waals surface area contributed by atoms with Gasteiger partial charge >= 0.3 is 5.97 Å². The van der Waals surface area contributed by atoms with E-state index in [1.54, 1.807) is 36.0 Å². The fourth-order valence-electron chi connectivity index (χ4n) is 2.30. The van der Waals surface area contributed by atoms with E-state index in [2.05, 4.69) is 5.32 Å². The lowest BCUT2D eigenvalue weighted by Gasteiger charge is -2.18. The lowest BCUT2D eigenvalue weighted by Crippen LogP contribution is -2.42. The van der Waals surface area contributed by atoms with Crippen LogP contribution in [0.4, 0.5) is 4.39 Å². The van der Waals surface area contributed by atoms with Crippen molar-refractivity contribution < 1.29 is 23.5 Å². The van der Waals surface area contributed by atoms with Crippen molar-refractivity contribution in [2.24, 2.45) is 0 Å². The summed E-state index contributed by atoms with van der Waals surface area (Å²) in [7, 11) is 0. The van der Waals surface area contributed by atoms with Gasteiger partial charge in [-0.05, 0) is 54.8 Å². The predicted octanol–water partition coefficient (Wildman–Crippen LogP) is 3.95. The number of benzene rings is 2. The summed E-state index contributed by atoms with van der Waals surface area (Å²) in [6, 6.07) is 11.4. The summed E-state index contributed by atoms with van der Waals surface area (Å²) in [5, 5.41) is 2.99. The van der Waals surface area contributed by atoms with Gasteiger partial charge in [0.2, 0.25) is 0 Å². The van der Waals surface area contributed by atoms with Gasteiger partial charge in [0, 0.05) is 0 Å². The molecule has 0 saturated heterocycles. The summed E-state index contributed by atoms with van der Waals surface area (Å²) in [6.45, 7) is 0.124. The Labute approximate surface area is 172 Å². The Morgan fingerprint density at radius 3 is 2.54 bits per heavy atom. The molecule has 150 valence electrons. The molecular formula is C20H21ClFNO4S. The lowest BCUT2D eigenvalue weighted by molar-refractivity contribution is -0.146. The number of esters is 1. The summed E-state index contributed by atoms with van der Waals surface area (Å²) in [5.41, 5.74) is 0.297. The normalized spacial score (nSPS) is 11.5. The highest BCUT2D eigenvalue weighted by atomic mass is 35.5. The van der Waals surface area contributed by atoms with Crippen molar-refractivity contribution in [2.75, 3.05) is 25.2 Å². The highest BCUT2D eigenvalue weighted by molar-refractivity contribution is 7.98. The van der Waals surface area contributed by atoms with E-state index in [-0.39, 0.29) is 19.0 Å². The van der Waals surface area contributed by atoms with Crippen LogP contribution >= 0.6 is 23.4 Å². The van der Waals surface area contributed by atoms with Gasteiger partial charge in [-0.25, -0.2) is 9.18 Å². The highest BCUT2D eigenvalue weighted by Gasteiger charge is 2.23. The standard InChI is InChI=1S/C20H21ClFNO4S/c1-28-13-10-18(23-19(24)16-4-2-3-5-17(16)21)20(25)27-12-11-26-15-8-6-14(22)7-9-15/h2-9,18H,10-13H2,1H3,(H,23,24). The maximum atomic E-state index is 12.9. The number of halogens is 2. The van der Waals surface area contributed by atoms with Crippen molar-refractivity contribution in [2.45, 2.75) is 12.5 Å². The van der Waals surface area contributed by atoms with Gasteiger partial charge in [0.05, 0.1) is 10.6 Å². The zero-order valence-electron chi connectivity index (χ0n) is 15.3. The number of carbonyl (C=O) groups is 2. The van der Waals surface area contributed by atoms with E-state index in [0.717, 1.165) is 0 Å². The minimum absolute atomic E-state index is 0.00788. The van der Waals surface area contributed by atoms with Crippen LogP contribution in [0.2, 0.25) is 5.02 Å². The second-order valence-electron chi connectivity index (χ2n) is 5.76. The van der Waals surface area contributed by atoms with Crippen molar-refractivity contribution in [1.29, 1.82) is 0 Å². The SMILES string of the molecule is CSCCC(NC(=O)c1ccccc1Cl)C(=O)OCCOc1ccc(F)cc1. The zero-order chi connectivity index (χ0) is 20.4. The predicted molar refractivity (Wildman–Crippen MR) is 109 cm³/mol. The molecule has 0 aromatic heterocycles. The van der Waals surface area contributed by atoms with Gasteiger partial charge in [-0.2, -0.15) is 11.8 Å². The molecule has 0 radical (unpaired) electrons. The first-order valence-electron chi connectivity index (χ1n) is 8.60. The van der Waals surface area contributed by atoms with Gasteiger partial charge in [0.25, 0.3) is 5.91 Å². The highest BCUT2D eigenvalue weighted by Crippen LogP contribution is 2.15. The van der Waals surface area contributed by atoms with Crippen LogP contribution in [-0.4, -0.2) is 43.1 Å². The number of hydrogen-bond donors (Lipinski definition) is 1. The number of nitrogens with one attached hydrogen (secondary N) is 1. The molecule has 2 rings (SSSR count). The zero-order valence-corrected chi connectivity index (χ0v) is 16.9. The fraction of sp³-hybridized carbons (Fsp3) is 0.300. The lowest BCUT2D eigenvalue weighted by atomic mass is 10.1. The second-order valence-corrected chi connectivity index (χ2v) is 7.15. The summed E-state index contributed by atoms with van der Waals surface area (Å²) in [6.07, 6.45) is 2.34. The molecule has 0 aliphatic rings. The molecule has 0 fully saturated rings. The van der Waals surface area contributed by atoms with E-state index in [1.807, 2.05) is 6.26 Å². The Balaban J connectivity index is 1.86. The van der Waals surface area contributed by atoms with Crippen molar-refractivity contribution in [3.63, 3.8) is 0 Å². The summed E-state index contributed by atoms with van der Waals surface area (Å²) >= 11 is 7.60. The van der Waals surface area contributed by atoms with Crippen molar-refractivity contribution in [1.82, 2.24) is 5.32 Å². The van der Waals surface area contributed by atoms with E-state index in [1.165, 1.54) is 24.3 Å². The summed E-state index contributed by atoms with van der Waals surface area (Å²) in [5.74, 6) is -0.185. The Hall–Kier alpha value is -2.25. The van der Waals surface area contributed by atoms with E-state index < -0.39 is 17.9 Å². The molecule has 0 aliphatic heterocycles. The largest absolute Gasteiger partial charge is 0.490 e. The van der Waals surface area contributed by atoms with E-state index in [4.69, 9.17) is 21.1 Å². The summed E-state index contributed by atoms with van der Waals surface area (Å²) in [4.78, 5) is 24.8. The Morgan fingerprint density at radius 2 is 1.86 bits per heavy atom. The van der Waals surface area contributed by atoms with Gasteiger partial charge < -0.3 is 14.8 Å². The first kappa shape index (κ1) is 22.0. The fourth-order valence-corrected chi connectivity index (χ4v) is 2.99. The van der Waals surface area contributed by atoms with E-state index in [0.29, 0.717) is 28.5 Å². The summed E-state index contributed by atoms with van der Waals surface area (Å²) < 4.78 is 23.5. The first-order chi connectivity index (χ1) is 13.5. The van der Waals surface area contributed by atoms with Crippen LogP contribution in [0, 0.1) is 5.82 Å². The molecule has 1 atom stereocenters. The molecule has 28 heavy (non-hydrogen) atoms. The molecule has 1 unspecified atom stereocenters. The number of ether oxygens (including phenoxy) is 2. The molecule has 0 spiro atoms. The molecule has 8 heteroatoms. The number of rotatable bonds is 10. The molecule has 0 saturated carbocycles.